The zero-order valence-electron chi connectivity index (χ0n) is 15.1. The Morgan fingerprint density at radius 2 is 1.89 bits per heavy atom. The third-order valence-corrected chi connectivity index (χ3v) is 4.64. The van der Waals surface area contributed by atoms with E-state index < -0.39 is 0 Å². The van der Waals surface area contributed by atoms with Crippen molar-refractivity contribution in [3.05, 3.63) is 48.0 Å². The second kappa shape index (κ2) is 8.31. The highest BCUT2D eigenvalue weighted by molar-refractivity contribution is 6.05. The molecule has 2 heterocycles. The van der Waals surface area contributed by atoms with Crippen molar-refractivity contribution in [2.75, 3.05) is 31.7 Å². The van der Waals surface area contributed by atoms with E-state index in [2.05, 4.69) is 5.32 Å². The van der Waals surface area contributed by atoms with Crippen molar-refractivity contribution in [1.82, 2.24) is 0 Å². The Kier molecular flexibility index (Phi) is 5.44. The van der Waals surface area contributed by atoms with Gasteiger partial charge in [-0.25, -0.2) is 0 Å². The zero-order valence-corrected chi connectivity index (χ0v) is 15.1. The largest absolute Gasteiger partial charge is 0.489 e. The molecular formula is C21H23NO5. The number of ether oxygens (including phenoxy) is 4. The maximum absolute atomic E-state index is 12.7. The molecule has 1 atom stereocenters. The van der Waals surface area contributed by atoms with Crippen molar-refractivity contribution >= 4 is 11.6 Å². The van der Waals surface area contributed by atoms with E-state index in [0.717, 1.165) is 25.9 Å². The summed E-state index contributed by atoms with van der Waals surface area (Å²) in [5, 5.41) is 2.92. The summed E-state index contributed by atoms with van der Waals surface area (Å²) in [6, 6.07) is 12.6. The lowest BCUT2D eigenvalue weighted by Gasteiger charge is -2.23. The molecule has 2 aliphatic rings. The molecule has 1 saturated heterocycles. The molecule has 0 radical (unpaired) electrons. The predicted molar refractivity (Wildman–Crippen MR) is 101 cm³/mol. The Labute approximate surface area is 158 Å². The summed E-state index contributed by atoms with van der Waals surface area (Å²) in [6.45, 7) is 2.28. The minimum atomic E-state index is -0.225. The summed E-state index contributed by atoms with van der Waals surface area (Å²) in [6.07, 6.45) is 3.39. The molecule has 2 aromatic rings. The summed E-state index contributed by atoms with van der Waals surface area (Å²) < 4.78 is 22.7. The van der Waals surface area contributed by atoms with E-state index in [1.54, 1.807) is 18.2 Å². The number of hydrogen-bond acceptors (Lipinski definition) is 5. The van der Waals surface area contributed by atoms with Crippen LogP contribution in [0.15, 0.2) is 42.5 Å². The van der Waals surface area contributed by atoms with Crippen LogP contribution in [0.25, 0.3) is 0 Å². The predicted octanol–water partition coefficient (Wildman–Crippen LogP) is 3.66. The minimum Gasteiger partial charge on any atom is -0.489 e. The van der Waals surface area contributed by atoms with Crippen LogP contribution in [0.1, 0.15) is 29.6 Å². The van der Waals surface area contributed by atoms with Crippen molar-refractivity contribution in [2.45, 2.75) is 25.4 Å². The minimum absolute atomic E-state index is 0.111. The quantitative estimate of drug-likeness (QED) is 0.871. The highest BCUT2D eigenvalue weighted by Gasteiger charge is 2.18. The number of fused-ring (bicyclic) bond motifs is 1. The molecule has 0 bridgehead atoms. The van der Waals surface area contributed by atoms with Crippen LogP contribution in [0.2, 0.25) is 0 Å². The van der Waals surface area contributed by atoms with E-state index >= 15 is 0 Å². The van der Waals surface area contributed by atoms with Crippen LogP contribution in [0.3, 0.4) is 0 Å². The fourth-order valence-electron chi connectivity index (χ4n) is 3.20. The fraction of sp³-hybridized carbons (Fsp3) is 0.381. The van der Waals surface area contributed by atoms with Gasteiger partial charge in [0.2, 0.25) is 0 Å². The van der Waals surface area contributed by atoms with Crippen molar-refractivity contribution in [3.8, 4) is 17.2 Å². The third kappa shape index (κ3) is 4.34. The molecular weight excluding hydrogens is 346 g/mol. The van der Waals surface area contributed by atoms with Crippen LogP contribution in [0.4, 0.5) is 5.69 Å². The molecule has 6 heteroatoms. The monoisotopic (exact) mass is 369 g/mol. The standard InChI is InChI=1S/C21H23NO5/c23-21(15-8-9-19-20(13-15)26-12-11-25-19)22-17-6-1-2-7-18(17)27-14-16-5-3-4-10-24-16/h1-2,6-9,13,16H,3-5,10-12,14H2,(H,22,23). The van der Waals surface area contributed by atoms with Gasteiger partial charge in [0.1, 0.15) is 25.6 Å². The lowest BCUT2D eigenvalue weighted by atomic mass is 10.1. The van der Waals surface area contributed by atoms with Gasteiger partial charge in [-0.2, -0.15) is 0 Å². The lowest BCUT2D eigenvalue weighted by Crippen LogP contribution is -2.26. The molecule has 142 valence electrons. The number of amides is 1. The second-order valence-corrected chi connectivity index (χ2v) is 6.61. The first-order valence-corrected chi connectivity index (χ1v) is 9.34. The van der Waals surface area contributed by atoms with E-state index in [0.29, 0.717) is 48.3 Å². The number of rotatable bonds is 5. The Morgan fingerprint density at radius 1 is 1.04 bits per heavy atom. The number of nitrogens with one attached hydrogen (secondary N) is 1. The topological polar surface area (TPSA) is 66.0 Å². The summed E-state index contributed by atoms with van der Waals surface area (Å²) in [5.74, 6) is 1.66. The van der Waals surface area contributed by atoms with Crippen LogP contribution in [0, 0.1) is 0 Å². The number of anilines is 1. The molecule has 27 heavy (non-hydrogen) atoms. The van der Waals surface area contributed by atoms with Gasteiger partial charge in [0.25, 0.3) is 5.91 Å². The molecule has 1 unspecified atom stereocenters. The van der Waals surface area contributed by atoms with Crippen molar-refractivity contribution < 1.29 is 23.7 Å². The average Bonchev–Trinajstić information content (AvgIpc) is 2.73. The first kappa shape index (κ1) is 17.7. The van der Waals surface area contributed by atoms with Gasteiger partial charge in [-0.3, -0.25) is 4.79 Å². The normalized spacial score (nSPS) is 18.6. The van der Waals surface area contributed by atoms with Crippen LogP contribution in [-0.2, 0) is 4.74 Å². The molecule has 0 saturated carbocycles. The summed E-state index contributed by atoms with van der Waals surface area (Å²) in [5.41, 5.74) is 1.14. The molecule has 0 aliphatic carbocycles. The SMILES string of the molecule is O=C(Nc1ccccc1OCC1CCCCO1)c1ccc2c(c1)OCCO2. The summed E-state index contributed by atoms with van der Waals surface area (Å²) >= 11 is 0. The Hall–Kier alpha value is -2.73. The van der Waals surface area contributed by atoms with Crippen molar-refractivity contribution in [3.63, 3.8) is 0 Å². The van der Waals surface area contributed by atoms with E-state index in [9.17, 15) is 4.79 Å². The zero-order chi connectivity index (χ0) is 18.5. The maximum Gasteiger partial charge on any atom is 0.255 e. The van der Waals surface area contributed by atoms with Gasteiger partial charge in [-0.05, 0) is 49.6 Å². The first-order valence-electron chi connectivity index (χ1n) is 9.34. The Bertz CT molecular complexity index is 801. The lowest BCUT2D eigenvalue weighted by molar-refractivity contribution is -0.0109. The number of benzene rings is 2. The van der Waals surface area contributed by atoms with Gasteiger partial charge in [-0.15, -0.1) is 0 Å². The molecule has 0 spiro atoms. The Balaban J connectivity index is 1.43. The highest BCUT2D eigenvalue weighted by Crippen LogP contribution is 2.31. The molecule has 2 aromatic carbocycles. The van der Waals surface area contributed by atoms with Crippen molar-refractivity contribution in [1.29, 1.82) is 0 Å². The molecule has 1 amide bonds. The number of hydrogen-bond donors (Lipinski definition) is 1. The van der Waals surface area contributed by atoms with E-state index in [4.69, 9.17) is 18.9 Å². The summed E-state index contributed by atoms with van der Waals surface area (Å²) in [4.78, 5) is 12.7. The maximum atomic E-state index is 12.7. The average molecular weight is 369 g/mol. The van der Waals surface area contributed by atoms with Crippen LogP contribution >= 0.6 is 0 Å². The molecule has 4 rings (SSSR count). The molecule has 1 fully saturated rings. The van der Waals surface area contributed by atoms with Crippen LogP contribution in [-0.4, -0.2) is 38.4 Å². The fourth-order valence-corrected chi connectivity index (χ4v) is 3.20. The van der Waals surface area contributed by atoms with Gasteiger partial charge in [0, 0.05) is 12.2 Å². The molecule has 6 nitrogen and oxygen atoms in total. The van der Waals surface area contributed by atoms with Gasteiger partial charge >= 0.3 is 0 Å². The van der Waals surface area contributed by atoms with Crippen LogP contribution < -0.4 is 19.5 Å². The van der Waals surface area contributed by atoms with Gasteiger partial charge in [0.15, 0.2) is 11.5 Å². The van der Waals surface area contributed by atoms with Crippen LogP contribution in [0.5, 0.6) is 17.2 Å². The van der Waals surface area contributed by atoms with Gasteiger partial charge in [-0.1, -0.05) is 12.1 Å². The molecule has 0 aromatic heterocycles. The van der Waals surface area contributed by atoms with E-state index in [1.165, 1.54) is 0 Å². The van der Waals surface area contributed by atoms with E-state index in [-0.39, 0.29) is 12.0 Å². The molecule has 2 aliphatic heterocycles. The summed E-state index contributed by atoms with van der Waals surface area (Å²) in [7, 11) is 0. The first-order chi connectivity index (χ1) is 13.3. The van der Waals surface area contributed by atoms with Gasteiger partial charge in [0.05, 0.1) is 11.8 Å². The number of carbonyl (C=O) groups excluding carboxylic acids is 1. The van der Waals surface area contributed by atoms with E-state index in [1.807, 2.05) is 24.3 Å². The van der Waals surface area contributed by atoms with Crippen molar-refractivity contribution in [2.24, 2.45) is 0 Å². The number of carbonyl (C=O) groups is 1. The highest BCUT2D eigenvalue weighted by atomic mass is 16.6. The Morgan fingerprint density at radius 3 is 2.74 bits per heavy atom. The molecule has 1 N–H and O–H groups in total. The van der Waals surface area contributed by atoms with Gasteiger partial charge < -0.3 is 24.3 Å². The second-order valence-electron chi connectivity index (χ2n) is 6.61. The third-order valence-electron chi connectivity index (χ3n) is 4.64. The smallest absolute Gasteiger partial charge is 0.255 e. The number of para-hydroxylation sites is 2.